The first kappa shape index (κ1) is 28.0. The average Bonchev–Trinajstić information content (AvgIpc) is 3.41. The van der Waals surface area contributed by atoms with Gasteiger partial charge in [-0.1, -0.05) is 98.1 Å². The SMILES string of the molecule is CC(C)(C)c1ccc(O)c(-c2nc3cccc(-c4[c-]c(-c5cc(-c6ccccc6)c(C#N)cn5)ccc4)c3[n-]2)c1.[Pt+2]. The van der Waals surface area contributed by atoms with E-state index in [0.29, 0.717) is 17.0 Å². The van der Waals surface area contributed by atoms with Gasteiger partial charge in [-0.2, -0.15) is 5.26 Å². The van der Waals surface area contributed by atoms with Crippen molar-refractivity contribution >= 4 is 11.0 Å². The van der Waals surface area contributed by atoms with Gasteiger partial charge in [-0.05, 0) is 45.6 Å². The second-order valence-corrected chi connectivity index (χ2v) is 10.8. The molecule has 6 rings (SSSR count). The van der Waals surface area contributed by atoms with Crippen LogP contribution in [-0.4, -0.2) is 15.1 Å². The van der Waals surface area contributed by atoms with Gasteiger partial charge >= 0.3 is 21.1 Å². The Morgan fingerprint density at radius 1 is 0.829 bits per heavy atom. The molecule has 0 aliphatic heterocycles. The van der Waals surface area contributed by atoms with Crippen molar-refractivity contribution in [1.82, 2.24) is 15.0 Å². The molecule has 0 aliphatic rings. The molecule has 4 aromatic carbocycles. The van der Waals surface area contributed by atoms with Crippen molar-refractivity contribution in [2.75, 3.05) is 0 Å². The molecule has 6 aromatic rings. The first-order valence-corrected chi connectivity index (χ1v) is 13.1. The van der Waals surface area contributed by atoms with Crippen LogP contribution in [0.5, 0.6) is 5.75 Å². The average molecular weight is 714 g/mol. The van der Waals surface area contributed by atoms with Crippen LogP contribution < -0.4 is 4.98 Å². The van der Waals surface area contributed by atoms with Crippen LogP contribution in [0, 0.1) is 17.4 Å². The third kappa shape index (κ3) is 5.44. The fourth-order valence-electron chi connectivity index (χ4n) is 4.83. The predicted molar refractivity (Wildman–Crippen MR) is 159 cm³/mol. The van der Waals surface area contributed by atoms with Gasteiger partial charge in [0.25, 0.3) is 0 Å². The van der Waals surface area contributed by atoms with E-state index >= 15 is 0 Å². The fraction of sp³-hybridized carbons (Fsp3) is 0.114. The van der Waals surface area contributed by atoms with Crippen molar-refractivity contribution in [2.24, 2.45) is 0 Å². The van der Waals surface area contributed by atoms with Crippen LogP contribution in [0.3, 0.4) is 0 Å². The zero-order valence-corrected chi connectivity index (χ0v) is 25.1. The minimum Gasteiger partial charge on any atom is -0.507 e. The molecule has 0 fully saturated rings. The van der Waals surface area contributed by atoms with Gasteiger partial charge in [0.15, 0.2) is 0 Å². The van der Waals surface area contributed by atoms with Gasteiger partial charge in [0.05, 0.1) is 5.56 Å². The minimum atomic E-state index is -0.0745. The van der Waals surface area contributed by atoms with Crippen LogP contribution in [-0.2, 0) is 26.5 Å². The van der Waals surface area contributed by atoms with Crippen molar-refractivity contribution in [3.05, 3.63) is 114 Å². The third-order valence-electron chi connectivity index (χ3n) is 7.03. The molecule has 6 heteroatoms. The summed E-state index contributed by atoms with van der Waals surface area (Å²) < 4.78 is 0. The quantitative estimate of drug-likeness (QED) is 0.188. The molecule has 2 aromatic heterocycles. The summed E-state index contributed by atoms with van der Waals surface area (Å²) in [5.41, 5.74) is 8.72. The number of fused-ring (bicyclic) bond motifs is 1. The normalized spacial score (nSPS) is 11.2. The molecule has 0 atom stereocenters. The first-order chi connectivity index (χ1) is 19.3. The minimum absolute atomic E-state index is 0. The molecule has 0 bridgehead atoms. The molecule has 41 heavy (non-hydrogen) atoms. The molecule has 0 spiro atoms. The zero-order valence-electron chi connectivity index (χ0n) is 22.8. The monoisotopic (exact) mass is 713 g/mol. The maximum absolute atomic E-state index is 10.7. The van der Waals surface area contributed by atoms with Gasteiger partial charge < -0.3 is 15.1 Å². The van der Waals surface area contributed by atoms with E-state index in [-0.39, 0.29) is 32.2 Å². The number of pyridine rings is 1. The van der Waals surface area contributed by atoms with Crippen LogP contribution in [0.4, 0.5) is 0 Å². The van der Waals surface area contributed by atoms with Crippen molar-refractivity contribution in [3.8, 4) is 56.7 Å². The molecular formula is C35H26N4OPt. The molecule has 2 heterocycles. The number of para-hydroxylation sites is 1. The van der Waals surface area contributed by atoms with Crippen LogP contribution in [0.2, 0.25) is 0 Å². The van der Waals surface area contributed by atoms with Crippen molar-refractivity contribution < 1.29 is 26.2 Å². The first-order valence-electron chi connectivity index (χ1n) is 13.1. The summed E-state index contributed by atoms with van der Waals surface area (Å²) in [6, 6.07) is 35.0. The Morgan fingerprint density at radius 3 is 2.34 bits per heavy atom. The van der Waals surface area contributed by atoms with Gasteiger partial charge in [-0.15, -0.1) is 29.8 Å². The third-order valence-corrected chi connectivity index (χ3v) is 7.03. The smallest absolute Gasteiger partial charge is 0.507 e. The molecule has 0 radical (unpaired) electrons. The summed E-state index contributed by atoms with van der Waals surface area (Å²) in [6.45, 7) is 6.41. The molecule has 0 saturated carbocycles. The maximum Gasteiger partial charge on any atom is 2.00 e. The van der Waals surface area contributed by atoms with E-state index < -0.39 is 0 Å². The van der Waals surface area contributed by atoms with Crippen molar-refractivity contribution in [2.45, 2.75) is 26.2 Å². The number of nitriles is 1. The maximum atomic E-state index is 10.7. The van der Waals surface area contributed by atoms with E-state index in [1.165, 1.54) is 0 Å². The summed E-state index contributed by atoms with van der Waals surface area (Å²) >= 11 is 0. The Morgan fingerprint density at radius 2 is 1.59 bits per heavy atom. The van der Waals surface area contributed by atoms with E-state index in [0.717, 1.165) is 50.1 Å². The number of benzene rings is 4. The molecule has 5 nitrogen and oxygen atoms in total. The number of nitrogens with zero attached hydrogens (tertiary/aromatic N) is 4. The number of hydrogen-bond acceptors (Lipinski definition) is 4. The Kier molecular flexibility index (Phi) is 7.63. The second-order valence-electron chi connectivity index (χ2n) is 10.8. The number of aromatic nitrogens is 3. The Labute approximate surface area is 253 Å². The number of hydrogen-bond donors (Lipinski definition) is 1. The van der Waals surface area contributed by atoms with Crippen molar-refractivity contribution in [1.29, 1.82) is 5.26 Å². The number of imidazole rings is 1. The summed E-state index contributed by atoms with van der Waals surface area (Å²) in [5, 5.41) is 20.3. The summed E-state index contributed by atoms with van der Waals surface area (Å²) in [4.78, 5) is 14.2. The van der Waals surface area contributed by atoms with Crippen molar-refractivity contribution in [3.63, 3.8) is 0 Å². The topological polar surface area (TPSA) is 83.9 Å². The molecule has 0 unspecified atom stereocenters. The largest absolute Gasteiger partial charge is 2.00 e. The zero-order chi connectivity index (χ0) is 27.9. The summed E-state index contributed by atoms with van der Waals surface area (Å²) in [5.74, 6) is 0.642. The Balaban J connectivity index is 0.00000337. The van der Waals surface area contributed by atoms with E-state index in [1.807, 2.05) is 84.9 Å². The van der Waals surface area contributed by atoms with E-state index in [4.69, 9.17) is 9.97 Å². The molecule has 0 aliphatic carbocycles. The fourth-order valence-corrected chi connectivity index (χ4v) is 4.83. The van der Waals surface area contributed by atoms with E-state index in [1.54, 1.807) is 12.3 Å². The summed E-state index contributed by atoms with van der Waals surface area (Å²) in [6.07, 6.45) is 1.62. The number of phenols is 1. The second kappa shape index (κ2) is 11.2. The van der Waals surface area contributed by atoms with Crippen LogP contribution in [0.1, 0.15) is 31.9 Å². The van der Waals surface area contributed by atoms with Gasteiger partial charge in [0, 0.05) is 17.5 Å². The van der Waals surface area contributed by atoms with E-state index in [2.05, 4.69) is 37.9 Å². The number of aromatic hydroxyl groups is 1. The number of phenolic OH excluding ortho intramolecular Hbond substituents is 1. The Bertz CT molecular complexity index is 1910. The predicted octanol–water partition coefficient (Wildman–Crippen LogP) is 7.93. The molecule has 1 N–H and O–H groups in total. The molecule has 0 amide bonds. The summed E-state index contributed by atoms with van der Waals surface area (Å²) in [7, 11) is 0. The molecule has 0 saturated heterocycles. The van der Waals surface area contributed by atoms with Gasteiger partial charge in [-0.3, -0.25) is 4.98 Å². The molecular weight excluding hydrogens is 687 g/mol. The van der Waals surface area contributed by atoms with Crippen LogP contribution in [0.15, 0.2) is 97.2 Å². The van der Waals surface area contributed by atoms with Crippen LogP contribution in [0.25, 0.3) is 55.9 Å². The van der Waals surface area contributed by atoms with Gasteiger partial charge in [0.2, 0.25) is 0 Å². The Hall–Kier alpha value is -4.52. The number of rotatable bonds is 4. The standard InChI is InChI=1S/C35H26N4O.Pt/c1-35(2,3)26-15-16-32(40)29(18-26)34-38-30-14-8-13-27(33(30)39-34)23-11-7-12-24(17-23)31-19-28(25(20-36)21-37-31)22-9-5-4-6-10-22;/h4-16,18-19,21H,1-3H3,(H-,38,39,40);/q-2;+2. The van der Waals surface area contributed by atoms with Gasteiger partial charge in [0.1, 0.15) is 11.8 Å². The van der Waals surface area contributed by atoms with Gasteiger partial charge in [-0.25, -0.2) is 0 Å². The molecule has 202 valence electrons. The van der Waals surface area contributed by atoms with Crippen LogP contribution >= 0.6 is 0 Å². The van der Waals surface area contributed by atoms with E-state index in [9.17, 15) is 10.4 Å².